The highest BCUT2D eigenvalue weighted by Gasteiger charge is 2.49. The molecule has 2 heterocycles. The summed E-state index contributed by atoms with van der Waals surface area (Å²) in [5, 5.41) is 3.87. The van der Waals surface area contributed by atoms with Crippen molar-refractivity contribution in [1.29, 1.82) is 0 Å². The molecule has 1 fully saturated rings. The monoisotopic (exact) mass is 592 g/mol. The Bertz CT molecular complexity index is 1590. The Morgan fingerprint density at radius 1 is 1.05 bits per heavy atom. The summed E-state index contributed by atoms with van der Waals surface area (Å²) < 4.78 is 41.1. The Kier molecular flexibility index (Phi) is 8.73. The van der Waals surface area contributed by atoms with Gasteiger partial charge in [0.25, 0.3) is 15.9 Å². The number of hydrogen-bond acceptors (Lipinski definition) is 7. The van der Waals surface area contributed by atoms with Crippen molar-refractivity contribution in [1.82, 2.24) is 10.1 Å². The molecule has 0 radical (unpaired) electrons. The number of aromatic nitrogens is 1. The predicted molar refractivity (Wildman–Crippen MR) is 163 cm³/mol. The molecule has 224 valence electrons. The third-order valence-electron chi connectivity index (χ3n) is 8.19. The number of ether oxygens (including phenoxy) is 1. The van der Waals surface area contributed by atoms with Gasteiger partial charge in [-0.3, -0.25) is 19.4 Å². The Balaban J connectivity index is 1.49. The summed E-state index contributed by atoms with van der Waals surface area (Å²) in [5.74, 6) is 2.26. The van der Waals surface area contributed by atoms with Crippen LogP contribution in [-0.4, -0.2) is 42.4 Å². The van der Waals surface area contributed by atoms with Crippen LogP contribution in [0.5, 0.6) is 5.75 Å². The quantitative estimate of drug-likeness (QED) is 0.248. The zero-order valence-corrected chi connectivity index (χ0v) is 25.7. The topological polar surface area (TPSA) is 114 Å². The van der Waals surface area contributed by atoms with Gasteiger partial charge in [0, 0.05) is 23.1 Å². The lowest BCUT2D eigenvalue weighted by molar-refractivity contribution is -0.131. The van der Waals surface area contributed by atoms with Crippen LogP contribution in [0.2, 0.25) is 0 Å². The van der Waals surface area contributed by atoms with Gasteiger partial charge in [-0.1, -0.05) is 68.6 Å². The van der Waals surface area contributed by atoms with Gasteiger partial charge in [-0.25, -0.2) is 8.42 Å². The largest absolute Gasteiger partial charge is 0.493 e. The van der Waals surface area contributed by atoms with Crippen LogP contribution in [0.1, 0.15) is 82.1 Å². The van der Waals surface area contributed by atoms with Crippen LogP contribution in [-0.2, 0) is 21.4 Å². The van der Waals surface area contributed by atoms with Crippen LogP contribution in [0.15, 0.2) is 56.9 Å². The summed E-state index contributed by atoms with van der Waals surface area (Å²) >= 11 is 0. The maximum Gasteiger partial charge on any atom is 0.263 e. The van der Waals surface area contributed by atoms with Crippen molar-refractivity contribution in [3.63, 3.8) is 0 Å². The van der Waals surface area contributed by atoms with E-state index in [0.29, 0.717) is 41.4 Å². The summed E-state index contributed by atoms with van der Waals surface area (Å²) in [6, 6.07) is 12.6. The SMILES string of the molecule is CCCCC1=NC2(CCCC2)C(=O)N1Cc1ccc(-c2ccccc2S(=O)(=O)Nc2noc(C)c2C)c(OCCC)c1. The van der Waals surface area contributed by atoms with E-state index in [4.69, 9.17) is 14.3 Å². The van der Waals surface area contributed by atoms with Crippen molar-refractivity contribution in [2.45, 2.75) is 96.0 Å². The molecule has 9 nitrogen and oxygen atoms in total. The number of benzene rings is 2. The normalized spacial score (nSPS) is 16.3. The van der Waals surface area contributed by atoms with Crippen LogP contribution in [0, 0.1) is 13.8 Å². The lowest BCUT2D eigenvalue weighted by Crippen LogP contribution is -2.40. The number of carbonyl (C=O) groups excluding carboxylic acids is 1. The second-order valence-electron chi connectivity index (χ2n) is 11.3. The van der Waals surface area contributed by atoms with E-state index in [9.17, 15) is 13.2 Å². The van der Waals surface area contributed by atoms with Gasteiger partial charge in [-0.15, -0.1) is 0 Å². The molecule has 2 aliphatic rings. The summed E-state index contributed by atoms with van der Waals surface area (Å²) in [4.78, 5) is 20.7. The number of sulfonamides is 1. The molecular weight excluding hydrogens is 552 g/mol. The average Bonchev–Trinajstić information content (AvgIpc) is 3.66. The summed E-state index contributed by atoms with van der Waals surface area (Å²) in [7, 11) is -4.00. The van der Waals surface area contributed by atoms with Crippen molar-refractivity contribution in [2.75, 3.05) is 11.3 Å². The number of nitrogens with zero attached hydrogens (tertiary/aromatic N) is 3. The zero-order chi connectivity index (χ0) is 29.9. The molecule has 1 N–H and O–H groups in total. The first kappa shape index (κ1) is 29.8. The van der Waals surface area contributed by atoms with E-state index in [1.807, 2.05) is 30.0 Å². The molecular formula is C32H40N4O5S. The van der Waals surface area contributed by atoms with Crippen molar-refractivity contribution in [3.05, 3.63) is 59.4 Å². The number of amides is 1. The molecule has 0 unspecified atom stereocenters. The highest BCUT2D eigenvalue weighted by Crippen LogP contribution is 2.41. The van der Waals surface area contributed by atoms with E-state index in [-0.39, 0.29) is 16.6 Å². The van der Waals surface area contributed by atoms with Gasteiger partial charge in [0.1, 0.15) is 22.9 Å². The van der Waals surface area contributed by atoms with Gasteiger partial charge in [-0.05, 0) is 57.2 Å². The van der Waals surface area contributed by atoms with Crippen molar-refractivity contribution >= 4 is 27.6 Å². The zero-order valence-electron chi connectivity index (χ0n) is 24.9. The number of unbranched alkanes of at least 4 members (excludes halogenated alkanes) is 1. The molecule has 1 aromatic heterocycles. The summed E-state index contributed by atoms with van der Waals surface area (Å²) in [6.07, 6.45) is 7.27. The lowest BCUT2D eigenvalue weighted by atomic mass is 9.98. The molecule has 1 amide bonds. The molecule has 3 aromatic rings. The predicted octanol–water partition coefficient (Wildman–Crippen LogP) is 6.79. The number of carbonyl (C=O) groups is 1. The van der Waals surface area contributed by atoms with Crippen molar-refractivity contribution in [3.8, 4) is 16.9 Å². The second kappa shape index (κ2) is 12.3. The minimum absolute atomic E-state index is 0.103. The first-order valence-corrected chi connectivity index (χ1v) is 16.4. The van der Waals surface area contributed by atoms with Gasteiger partial charge < -0.3 is 9.26 Å². The maximum atomic E-state index is 13.7. The van der Waals surface area contributed by atoms with E-state index < -0.39 is 15.6 Å². The van der Waals surface area contributed by atoms with Gasteiger partial charge in [0.2, 0.25) is 0 Å². The van der Waals surface area contributed by atoms with Crippen LogP contribution < -0.4 is 9.46 Å². The van der Waals surface area contributed by atoms with Gasteiger partial charge in [0.15, 0.2) is 5.82 Å². The Morgan fingerprint density at radius 3 is 2.50 bits per heavy atom. The molecule has 0 atom stereocenters. The number of nitrogens with one attached hydrogen (secondary N) is 1. The summed E-state index contributed by atoms with van der Waals surface area (Å²) in [5.41, 5.74) is 2.11. The smallest absolute Gasteiger partial charge is 0.263 e. The molecule has 1 aliphatic heterocycles. The van der Waals surface area contributed by atoms with E-state index in [1.165, 1.54) is 0 Å². The maximum absolute atomic E-state index is 13.7. The van der Waals surface area contributed by atoms with Crippen LogP contribution in [0.25, 0.3) is 11.1 Å². The number of hydrogen-bond donors (Lipinski definition) is 1. The third kappa shape index (κ3) is 5.82. The molecule has 5 rings (SSSR count). The number of aryl methyl sites for hydroxylation is 1. The standard InChI is InChI=1S/C32H40N4O5S/c1-5-7-14-29-33-32(17-10-11-18-32)31(37)36(29)21-24-15-16-25(27(20-24)40-19-6-2)26-12-8-9-13-28(26)42(38,39)35-30-22(3)23(4)41-34-30/h8-9,12-13,15-16,20H,5-7,10-11,14,17-19,21H2,1-4H3,(H,34,35). The van der Waals surface area contributed by atoms with E-state index in [0.717, 1.165) is 62.8 Å². The highest BCUT2D eigenvalue weighted by molar-refractivity contribution is 7.92. The average molecular weight is 593 g/mol. The fourth-order valence-corrected chi connectivity index (χ4v) is 7.00. The van der Waals surface area contributed by atoms with E-state index >= 15 is 0 Å². The van der Waals surface area contributed by atoms with Gasteiger partial charge >= 0.3 is 0 Å². The molecule has 0 bridgehead atoms. The molecule has 42 heavy (non-hydrogen) atoms. The molecule has 1 saturated carbocycles. The Morgan fingerprint density at radius 2 is 1.81 bits per heavy atom. The third-order valence-corrected chi connectivity index (χ3v) is 9.58. The molecule has 10 heteroatoms. The van der Waals surface area contributed by atoms with Gasteiger partial charge in [0.05, 0.1) is 18.0 Å². The minimum Gasteiger partial charge on any atom is -0.493 e. The Labute approximate surface area is 248 Å². The van der Waals surface area contributed by atoms with Crippen LogP contribution >= 0.6 is 0 Å². The minimum atomic E-state index is -4.00. The first-order valence-electron chi connectivity index (χ1n) is 14.9. The molecule has 2 aromatic carbocycles. The van der Waals surface area contributed by atoms with E-state index in [1.54, 1.807) is 38.1 Å². The van der Waals surface area contributed by atoms with E-state index in [2.05, 4.69) is 16.8 Å². The van der Waals surface area contributed by atoms with Crippen LogP contribution in [0.4, 0.5) is 5.82 Å². The molecule has 1 spiro atoms. The van der Waals surface area contributed by atoms with Gasteiger partial charge in [-0.2, -0.15) is 0 Å². The van der Waals surface area contributed by atoms with Crippen molar-refractivity contribution < 1.29 is 22.5 Å². The second-order valence-corrected chi connectivity index (χ2v) is 12.9. The highest BCUT2D eigenvalue weighted by atomic mass is 32.2. The fraction of sp³-hybridized carbons (Fsp3) is 0.469. The number of amidine groups is 1. The Hall–Kier alpha value is -3.66. The lowest BCUT2D eigenvalue weighted by Gasteiger charge is -2.23. The van der Waals surface area contributed by atoms with Crippen LogP contribution in [0.3, 0.4) is 0 Å². The number of aliphatic imine (C=N–C) groups is 1. The fourth-order valence-electron chi connectivity index (χ4n) is 5.72. The first-order chi connectivity index (χ1) is 20.2. The molecule has 0 saturated heterocycles. The number of rotatable bonds is 12. The van der Waals surface area contributed by atoms with Crippen molar-refractivity contribution in [2.24, 2.45) is 4.99 Å². The number of anilines is 1. The molecule has 1 aliphatic carbocycles. The summed E-state index contributed by atoms with van der Waals surface area (Å²) in [6.45, 7) is 8.52.